The van der Waals surface area contributed by atoms with E-state index in [4.69, 9.17) is 5.84 Å². The van der Waals surface area contributed by atoms with Crippen LogP contribution in [-0.2, 0) is 10.0 Å². The van der Waals surface area contributed by atoms with Crippen LogP contribution in [0.15, 0.2) is 0 Å². The van der Waals surface area contributed by atoms with Crippen molar-refractivity contribution in [3.63, 3.8) is 0 Å². The molecule has 0 unspecified atom stereocenters. The van der Waals surface area contributed by atoms with Crippen LogP contribution in [0.4, 0.5) is 0 Å². The van der Waals surface area contributed by atoms with Crippen molar-refractivity contribution in [3.8, 4) is 0 Å². The first-order valence-electron chi connectivity index (χ1n) is 8.82. The number of nitrogens with one attached hydrogen (secondary N) is 1. The molecular formula is C16H36N2O2S. The van der Waals surface area contributed by atoms with Gasteiger partial charge in [-0.15, -0.1) is 0 Å². The number of hydrogen-bond donors (Lipinski definition) is 2. The summed E-state index contributed by atoms with van der Waals surface area (Å²) in [6, 6.07) is 0. The van der Waals surface area contributed by atoms with Gasteiger partial charge in [0.25, 0.3) is 0 Å². The van der Waals surface area contributed by atoms with E-state index in [1.165, 1.54) is 70.6 Å². The van der Waals surface area contributed by atoms with Crippen molar-refractivity contribution < 1.29 is 8.42 Å². The number of rotatable bonds is 16. The molecule has 0 atom stereocenters. The van der Waals surface area contributed by atoms with E-state index in [-0.39, 0.29) is 5.75 Å². The molecule has 0 rings (SSSR count). The van der Waals surface area contributed by atoms with E-state index < -0.39 is 10.0 Å². The Bertz CT molecular complexity index is 305. The van der Waals surface area contributed by atoms with Gasteiger partial charge in [0.05, 0.1) is 5.75 Å². The SMILES string of the molecule is CCCCCCCCCCCCCCCCS(=O)(=O)NN. The fourth-order valence-electron chi connectivity index (χ4n) is 2.55. The largest absolute Gasteiger partial charge is 0.258 e. The average molecular weight is 321 g/mol. The highest BCUT2D eigenvalue weighted by Gasteiger charge is 2.05. The summed E-state index contributed by atoms with van der Waals surface area (Å²) >= 11 is 0. The predicted octanol–water partition coefficient (Wildman–Crippen LogP) is 4.26. The summed E-state index contributed by atoms with van der Waals surface area (Å²) in [4.78, 5) is 1.86. The molecule has 3 N–H and O–H groups in total. The number of hydrogen-bond acceptors (Lipinski definition) is 3. The lowest BCUT2D eigenvalue weighted by Gasteiger charge is -2.03. The summed E-state index contributed by atoms with van der Waals surface area (Å²) in [6.07, 6.45) is 17.8. The second kappa shape index (κ2) is 14.8. The molecule has 0 saturated heterocycles. The van der Waals surface area contributed by atoms with E-state index in [1.807, 2.05) is 4.83 Å². The number of sulfonamides is 1. The van der Waals surface area contributed by atoms with Crippen LogP contribution in [0, 0.1) is 0 Å². The summed E-state index contributed by atoms with van der Waals surface area (Å²) in [6.45, 7) is 2.26. The van der Waals surface area contributed by atoms with Gasteiger partial charge in [-0.3, -0.25) is 5.84 Å². The lowest BCUT2D eigenvalue weighted by Crippen LogP contribution is -2.32. The molecule has 4 nitrogen and oxygen atoms in total. The highest BCUT2D eigenvalue weighted by Crippen LogP contribution is 2.13. The van der Waals surface area contributed by atoms with E-state index in [1.54, 1.807) is 0 Å². The van der Waals surface area contributed by atoms with Gasteiger partial charge in [-0.25, -0.2) is 8.42 Å². The van der Waals surface area contributed by atoms with E-state index in [0.29, 0.717) is 6.42 Å². The standard InChI is InChI=1S/C16H36N2O2S/c1-2-3-4-5-6-7-8-9-10-11-12-13-14-15-16-21(19,20)18-17/h18H,2-17H2,1H3. The van der Waals surface area contributed by atoms with Gasteiger partial charge in [-0.05, 0) is 6.42 Å². The van der Waals surface area contributed by atoms with Gasteiger partial charge in [-0.1, -0.05) is 90.4 Å². The van der Waals surface area contributed by atoms with Crippen molar-refractivity contribution in [2.45, 2.75) is 96.8 Å². The Hall–Kier alpha value is -0.130. The van der Waals surface area contributed by atoms with Gasteiger partial charge in [0.2, 0.25) is 10.0 Å². The van der Waals surface area contributed by atoms with Crippen LogP contribution in [0.1, 0.15) is 96.8 Å². The molecular weight excluding hydrogens is 284 g/mol. The van der Waals surface area contributed by atoms with Crippen LogP contribution in [-0.4, -0.2) is 14.2 Å². The Morgan fingerprint density at radius 1 is 0.667 bits per heavy atom. The maximum atomic E-state index is 11.1. The van der Waals surface area contributed by atoms with Crippen LogP contribution in [0.25, 0.3) is 0 Å². The molecule has 0 aromatic carbocycles. The Kier molecular flexibility index (Phi) is 14.7. The van der Waals surface area contributed by atoms with Crippen LogP contribution in [0.3, 0.4) is 0 Å². The van der Waals surface area contributed by atoms with Crippen molar-refractivity contribution in [2.24, 2.45) is 5.84 Å². The Labute approximate surface area is 132 Å². The average Bonchev–Trinajstić information content (AvgIpc) is 2.47. The lowest BCUT2D eigenvalue weighted by atomic mass is 10.0. The molecule has 0 fully saturated rings. The van der Waals surface area contributed by atoms with Crippen LogP contribution in [0.5, 0.6) is 0 Å². The maximum Gasteiger partial charge on any atom is 0.224 e. The molecule has 0 heterocycles. The summed E-state index contributed by atoms with van der Waals surface area (Å²) in [7, 11) is -3.21. The van der Waals surface area contributed by atoms with Gasteiger partial charge >= 0.3 is 0 Å². The number of hydrazine groups is 1. The first-order chi connectivity index (χ1) is 10.1. The Morgan fingerprint density at radius 2 is 1.00 bits per heavy atom. The summed E-state index contributed by atoms with van der Waals surface area (Å²) in [5, 5.41) is 0. The monoisotopic (exact) mass is 320 g/mol. The molecule has 0 bridgehead atoms. The molecule has 0 aromatic heterocycles. The zero-order valence-corrected chi connectivity index (χ0v) is 14.7. The fourth-order valence-corrected chi connectivity index (χ4v) is 3.25. The molecule has 0 radical (unpaired) electrons. The van der Waals surface area contributed by atoms with E-state index in [9.17, 15) is 8.42 Å². The van der Waals surface area contributed by atoms with Crippen LogP contribution >= 0.6 is 0 Å². The number of nitrogens with two attached hydrogens (primary N) is 1. The molecule has 21 heavy (non-hydrogen) atoms. The number of unbranched alkanes of at least 4 members (excludes halogenated alkanes) is 13. The second-order valence-corrected chi connectivity index (χ2v) is 7.91. The first kappa shape index (κ1) is 20.9. The zero-order chi connectivity index (χ0) is 15.8. The third kappa shape index (κ3) is 16.1. The summed E-state index contributed by atoms with van der Waals surface area (Å²) < 4.78 is 22.2. The highest BCUT2D eigenvalue weighted by molar-refractivity contribution is 7.89. The van der Waals surface area contributed by atoms with Gasteiger partial charge in [0, 0.05) is 0 Å². The summed E-state index contributed by atoms with van der Waals surface area (Å²) in [5.41, 5.74) is 0. The molecule has 0 aromatic rings. The van der Waals surface area contributed by atoms with Crippen molar-refractivity contribution in [1.82, 2.24) is 4.83 Å². The molecule has 128 valence electrons. The molecule has 0 aliphatic carbocycles. The van der Waals surface area contributed by atoms with Crippen LogP contribution < -0.4 is 10.7 Å². The third-order valence-corrected chi connectivity index (χ3v) is 5.13. The smallest absolute Gasteiger partial charge is 0.224 e. The third-order valence-electron chi connectivity index (χ3n) is 3.95. The molecule has 0 saturated carbocycles. The van der Waals surface area contributed by atoms with Gasteiger partial charge in [0.1, 0.15) is 0 Å². The van der Waals surface area contributed by atoms with Gasteiger partial charge in [-0.2, -0.15) is 4.83 Å². The highest BCUT2D eigenvalue weighted by atomic mass is 32.2. The predicted molar refractivity (Wildman–Crippen MR) is 91.4 cm³/mol. The molecule has 0 amide bonds. The van der Waals surface area contributed by atoms with Crippen molar-refractivity contribution in [2.75, 3.05) is 5.75 Å². The fraction of sp³-hybridized carbons (Fsp3) is 1.00. The van der Waals surface area contributed by atoms with E-state index >= 15 is 0 Å². The van der Waals surface area contributed by atoms with E-state index in [2.05, 4.69) is 6.92 Å². The van der Waals surface area contributed by atoms with Crippen LogP contribution in [0.2, 0.25) is 0 Å². The quantitative estimate of drug-likeness (QED) is 0.253. The first-order valence-corrected chi connectivity index (χ1v) is 10.5. The second-order valence-electron chi connectivity index (χ2n) is 6.03. The molecule has 0 spiro atoms. The van der Waals surface area contributed by atoms with Crippen molar-refractivity contribution in [1.29, 1.82) is 0 Å². The Balaban J connectivity index is 3.09. The minimum atomic E-state index is -3.21. The molecule has 5 heteroatoms. The maximum absolute atomic E-state index is 11.1. The molecule has 0 aliphatic rings. The minimum Gasteiger partial charge on any atom is -0.258 e. The van der Waals surface area contributed by atoms with Crippen molar-refractivity contribution in [3.05, 3.63) is 0 Å². The van der Waals surface area contributed by atoms with Crippen molar-refractivity contribution >= 4 is 10.0 Å². The normalized spacial score (nSPS) is 11.9. The zero-order valence-electron chi connectivity index (χ0n) is 13.9. The van der Waals surface area contributed by atoms with E-state index in [0.717, 1.165) is 12.8 Å². The van der Waals surface area contributed by atoms with Gasteiger partial charge < -0.3 is 0 Å². The minimum absolute atomic E-state index is 0.154. The summed E-state index contributed by atoms with van der Waals surface area (Å²) in [5.74, 6) is 5.08. The lowest BCUT2D eigenvalue weighted by molar-refractivity contribution is 0.536. The Morgan fingerprint density at radius 3 is 1.33 bits per heavy atom. The van der Waals surface area contributed by atoms with Gasteiger partial charge in [0.15, 0.2) is 0 Å². The molecule has 0 aliphatic heterocycles. The topological polar surface area (TPSA) is 72.2 Å².